The lowest BCUT2D eigenvalue weighted by molar-refractivity contribution is -0.132. The van der Waals surface area contributed by atoms with Crippen LogP contribution >= 0.6 is 23.1 Å². The van der Waals surface area contributed by atoms with Crippen LogP contribution in [0.15, 0.2) is 9.85 Å². The highest BCUT2D eigenvalue weighted by Crippen LogP contribution is 2.25. The molecule has 1 atom stereocenters. The van der Waals surface area contributed by atoms with Crippen molar-refractivity contribution in [1.82, 2.24) is 20.0 Å². The molecule has 1 aliphatic heterocycles. The number of ether oxygens (including phenoxy) is 1. The Morgan fingerprint density at radius 3 is 2.39 bits per heavy atom. The molecule has 1 fully saturated rings. The number of piperazine rings is 1. The Labute approximate surface area is 144 Å². The fraction of sp³-hybridized carbons (Fsp3) is 0.714. The number of thioether (sulfide) groups is 1. The number of hydrogen-bond donors (Lipinski definition) is 0. The van der Waals surface area contributed by atoms with E-state index in [1.165, 1.54) is 23.1 Å². The van der Waals surface area contributed by atoms with Crippen molar-refractivity contribution >= 4 is 35.1 Å². The van der Waals surface area contributed by atoms with Gasteiger partial charge in [0.25, 0.3) is 0 Å². The summed E-state index contributed by atoms with van der Waals surface area (Å²) < 4.78 is 6.15. The molecule has 9 heteroatoms. The van der Waals surface area contributed by atoms with Crippen LogP contribution < -0.4 is 0 Å². The number of hydrogen-bond acceptors (Lipinski definition) is 7. The normalized spacial score (nSPS) is 17.0. The Balaban J connectivity index is 1.81. The molecule has 0 aliphatic carbocycles. The summed E-state index contributed by atoms with van der Waals surface area (Å²) in [5, 5.41) is 7.50. The van der Waals surface area contributed by atoms with Gasteiger partial charge in [0.1, 0.15) is 11.1 Å². The summed E-state index contributed by atoms with van der Waals surface area (Å²) in [6, 6.07) is 0. The maximum atomic E-state index is 12.5. The van der Waals surface area contributed by atoms with Crippen molar-refractivity contribution in [3.63, 3.8) is 0 Å². The van der Waals surface area contributed by atoms with Crippen molar-refractivity contribution in [1.29, 1.82) is 0 Å². The molecule has 0 N–H and O–H groups in total. The van der Waals surface area contributed by atoms with E-state index in [1.807, 2.05) is 27.7 Å². The molecule has 23 heavy (non-hydrogen) atoms. The predicted octanol–water partition coefficient (Wildman–Crippen LogP) is 2.10. The van der Waals surface area contributed by atoms with E-state index < -0.39 is 5.60 Å². The summed E-state index contributed by atoms with van der Waals surface area (Å²) in [5.74, 6) is 0.0639. The molecule has 0 radical (unpaired) electrons. The summed E-state index contributed by atoms with van der Waals surface area (Å²) in [7, 11) is 0. The van der Waals surface area contributed by atoms with Gasteiger partial charge in [0.2, 0.25) is 5.91 Å². The summed E-state index contributed by atoms with van der Waals surface area (Å²) in [6.07, 6.45) is -0.319. The first-order chi connectivity index (χ1) is 10.8. The lowest BCUT2D eigenvalue weighted by atomic mass is 10.2. The fourth-order valence-electron chi connectivity index (χ4n) is 2.11. The average molecular weight is 358 g/mol. The molecule has 2 rings (SSSR count). The van der Waals surface area contributed by atoms with Crippen LogP contribution in [0.5, 0.6) is 0 Å². The van der Waals surface area contributed by atoms with Crippen LogP contribution in [0, 0.1) is 0 Å². The highest BCUT2D eigenvalue weighted by molar-refractivity contribution is 8.02. The minimum Gasteiger partial charge on any atom is -0.444 e. The van der Waals surface area contributed by atoms with Gasteiger partial charge in [-0.3, -0.25) is 4.79 Å². The van der Waals surface area contributed by atoms with Crippen LogP contribution in [-0.4, -0.2) is 69.0 Å². The van der Waals surface area contributed by atoms with E-state index in [1.54, 1.807) is 15.3 Å². The largest absolute Gasteiger partial charge is 0.444 e. The molecule has 0 saturated carbocycles. The maximum Gasteiger partial charge on any atom is 0.410 e. The van der Waals surface area contributed by atoms with Crippen molar-refractivity contribution in [2.45, 2.75) is 42.9 Å². The molecule has 0 bridgehead atoms. The van der Waals surface area contributed by atoms with Crippen molar-refractivity contribution in [3.05, 3.63) is 5.51 Å². The van der Waals surface area contributed by atoms with Crippen LogP contribution in [0.1, 0.15) is 27.7 Å². The molecule has 2 heterocycles. The zero-order chi connectivity index (χ0) is 17.0. The van der Waals surface area contributed by atoms with E-state index >= 15 is 0 Å². The van der Waals surface area contributed by atoms with Gasteiger partial charge in [-0.1, -0.05) is 23.1 Å². The summed E-state index contributed by atoms with van der Waals surface area (Å²) in [5.41, 5.74) is 1.15. The lowest BCUT2D eigenvalue weighted by Gasteiger charge is -2.36. The second-order valence-electron chi connectivity index (χ2n) is 6.26. The third-order valence-corrected chi connectivity index (χ3v) is 5.11. The van der Waals surface area contributed by atoms with E-state index in [0.29, 0.717) is 26.2 Å². The first-order valence-corrected chi connectivity index (χ1v) is 9.22. The smallest absolute Gasteiger partial charge is 0.410 e. The minimum absolute atomic E-state index is 0.0639. The Morgan fingerprint density at radius 2 is 1.87 bits per heavy atom. The van der Waals surface area contributed by atoms with E-state index in [-0.39, 0.29) is 17.3 Å². The molecule has 0 spiro atoms. The second-order valence-corrected chi connectivity index (χ2v) is 8.68. The van der Waals surface area contributed by atoms with Crippen LogP contribution in [-0.2, 0) is 9.53 Å². The zero-order valence-corrected chi connectivity index (χ0v) is 15.4. The molecule has 1 aromatic heterocycles. The van der Waals surface area contributed by atoms with Gasteiger partial charge >= 0.3 is 6.09 Å². The third-order valence-electron chi connectivity index (χ3n) is 3.21. The Morgan fingerprint density at radius 1 is 1.26 bits per heavy atom. The van der Waals surface area contributed by atoms with E-state index in [9.17, 15) is 9.59 Å². The van der Waals surface area contributed by atoms with Gasteiger partial charge in [-0.2, -0.15) is 0 Å². The standard InChI is InChI=1S/C14H22N4O3S2/c1-10(23-12-16-15-9-22-12)11(19)17-5-7-18(8-6-17)13(20)21-14(2,3)4/h9-10H,5-8H2,1-4H3. The first-order valence-electron chi connectivity index (χ1n) is 7.46. The summed E-state index contributed by atoms with van der Waals surface area (Å²) in [4.78, 5) is 27.9. The van der Waals surface area contributed by atoms with E-state index in [2.05, 4.69) is 10.2 Å². The number of amides is 2. The first kappa shape index (κ1) is 18.0. The van der Waals surface area contributed by atoms with E-state index in [0.717, 1.165) is 4.34 Å². The van der Waals surface area contributed by atoms with E-state index in [4.69, 9.17) is 4.74 Å². The average Bonchev–Trinajstić information content (AvgIpc) is 2.97. The molecule has 1 aromatic rings. The van der Waals surface area contributed by atoms with Gasteiger partial charge in [-0.05, 0) is 27.7 Å². The van der Waals surface area contributed by atoms with Crippen molar-refractivity contribution < 1.29 is 14.3 Å². The monoisotopic (exact) mass is 358 g/mol. The molecule has 0 aromatic carbocycles. The maximum absolute atomic E-state index is 12.5. The number of rotatable bonds is 3. The van der Waals surface area contributed by atoms with Crippen LogP contribution in [0.3, 0.4) is 0 Å². The Hall–Kier alpha value is -1.35. The van der Waals surface area contributed by atoms with Gasteiger partial charge in [-0.25, -0.2) is 4.79 Å². The molecular formula is C14H22N4O3S2. The fourth-order valence-corrected chi connectivity index (χ4v) is 3.82. The molecule has 1 aliphatic rings. The molecule has 1 unspecified atom stereocenters. The zero-order valence-electron chi connectivity index (χ0n) is 13.8. The molecule has 1 saturated heterocycles. The third kappa shape index (κ3) is 5.35. The van der Waals surface area contributed by atoms with Crippen LogP contribution in [0.25, 0.3) is 0 Å². The van der Waals surface area contributed by atoms with Gasteiger partial charge in [0, 0.05) is 26.2 Å². The highest BCUT2D eigenvalue weighted by atomic mass is 32.2. The highest BCUT2D eigenvalue weighted by Gasteiger charge is 2.29. The number of aromatic nitrogens is 2. The Kier molecular flexibility index (Phi) is 5.85. The summed E-state index contributed by atoms with van der Waals surface area (Å²) >= 11 is 2.84. The van der Waals surface area contributed by atoms with Crippen molar-refractivity contribution in [3.8, 4) is 0 Å². The molecule has 2 amide bonds. The van der Waals surface area contributed by atoms with Gasteiger partial charge in [0.05, 0.1) is 5.25 Å². The molecule has 128 valence electrons. The molecule has 7 nitrogen and oxygen atoms in total. The summed E-state index contributed by atoms with van der Waals surface area (Å²) in [6.45, 7) is 9.45. The van der Waals surface area contributed by atoms with Gasteiger partial charge in [-0.15, -0.1) is 10.2 Å². The quantitative estimate of drug-likeness (QED) is 0.770. The number of carbonyl (C=O) groups is 2. The van der Waals surface area contributed by atoms with Gasteiger partial charge < -0.3 is 14.5 Å². The lowest BCUT2D eigenvalue weighted by Crippen LogP contribution is -2.53. The number of nitrogens with zero attached hydrogens (tertiary/aromatic N) is 4. The topological polar surface area (TPSA) is 75.6 Å². The number of carbonyl (C=O) groups excluding carboxylic acids is 2. The second kappa shape index (κ2) is 7.48. The van der Waals surface area contributed by atoms with Gasteiger partial charge in [0.15, 0.2) is 4.34 Å². The van der Waals surface area contributed by atoms with Crippen molar-refractivity contribution in [2.75, 3.05) is 26.2 Å². The minimum atomic E-state index is -0.503. The van der Waals surface area contributed by atoms with Crippen LogP contribution in [0.4, 0.5) is 4.79 Å². The van der Waals surface area contributed by atoms with Crippen LogP contribution in [0.2, 0.25) is 0 Å². The SMILES string of the molecule is CC(Sc1nncs1)C(=O)N1CCN(C(=O)OC(C)(C)C)CC1. The van der Waals surface area contributed by atoms with Crippen molar-refractivity contribution in [2.24, 2.45) is 0 Å². The Bertz CT molecular complexity index is 537. The molecular weight excluding hydrogens is 336 g/mol. The predicted molar refractivity (Wildman–Crippen MR) is 89.6 cm³/mol.